The highest BCUT2D eigenvalue weighted by atomic mass is 14.9. The van der Waals surface area contributed by atoms with Crippen molar-refractivity contribution in [1.82, 2.24) is 9.38 Å². The molecule has 1 aromatic carbocycles. The molecule has 0 fully saturated rings. The summed E-state index contributed by atoms with van der Waals surface area (Å²) in [6.45, 7) is 4.40. The van der Waals surface area contributed by atoms with Crippen molar-refractivity contribution in [2.24, 2.45) is 0 Å². The Kier molecular flexibility index (Phi) is 3.87. The van der Waals surface area contributed by atoms with Crippen LogP contribution in [-0.4, -0.2) is 9.38 Å². The van der Waals surface area contributed by atoms with E-state index >= 15 is 0 Å². The molecule has 0 aliphatic rings. The smallest absolute Gasteiger partial charge is 0.0873 e. The summed E-state index contributed by atoms with van der Waals surface area (Å²) < 4.78 is 2.19. The van der Waals surface area contributed by atoms with Crippen molar-refractivity contribution in [3.8, 4) is 0 Å². The van der Waals surface area contributed by atoms with Gasteiger partial charge in [0.2, 0.25) is 0 Å². The van der Waals surface area contributed by atoms with Gasteiger partial charge in [-0.2, -0.15) is 0 Å². The highest BCUT2D eigenvalue weighted by molar-refractivity contribution is 5.78. The Balaban J connectivity index is 2.08. The van der Waals surface area contributed by atoms with Gasteiger partial charge in [0.25, 0.3) is 0 Å². The monoisotopic (exact) mass is 276 g/mol. The van der Waals surface area contributed by atoms with E-state index in [-0.39, 0.29) is 0 Å². The SMILES string of the molecule is CCCc1c(C)cn2ccnc(C=Cc3ccccc3)c12. The van der Waals surface area contributed by atoms with Crippen LogP contribution in [0.4, 0.5) is 0 Å². The maximum absolute atomic E-state index is 4.57. The van der Waals surface area contributed by atoms with Gasteiger partial charge in [-0.05, 0) is 36.1 Å². The zero-order chi connectivity index (χ0) is 14.7. The van der Waals surface area contributed by atoms with Crippen LogP contribution in [0.2, 0.25) is 0 Å². The second-order valence-corrected chi connectivity index (χ2v) is 5.35. The molecular weight excluding hydrogens is 256 g/mol. The van der Waals surface area contributed by atoms with Crippen LogP contribution >= 0.6 is 0 Å². The molecule has 0 spiro atoms. The van der Waals surface area contributed by atoms with Gasteiger partial charge in [-0.3, -0.25) is 4.98 Å². The molecule has 0 amide bonds. The van der Waals surface area contributed by atoms with Crippen LogP contribution in [0.25, 0.3) is 17.7 Å². The summed E-state index contributed by atoms with van der Waals surface area (Å²) in [5.74, 6) is 0. The number of fused-ring (bicyclic) bond motifs is 1. The molecule has 106 valence electrons. The minimum absolute atomic E-state index is 1.04. The van der Waals surface area contributed by atoms with Crippen LogP contribution < -0.4 is 0 Å². The summed E-state index contributed by atoms with van der Waals surface area (Å²) in [4.78, 5) is 4.57. The molecule has 0 saturated heterocycles. The maximum Gasteiger partial charge on any atom is 0.0873 e. The van der Waals surface area contributed by atoms with Crippen molar-refractivity contribution in [2.45, 2.75) is 26.7 Å². The normalized spacial score (nSPS) is 11.5. The Labute approximate surface area is 125 Å². The molecule has 2 heterocycles. The number of benzene rings is 1. The number of aryl methyl sites for hydroxylation is 2. The van der Waals surface area contributed by atoms with E-state index < -0.39 is 0 Å². The molecule has 0 aliphatic heterocycles. The van der Waals surface area contributed by atoms with Crippen LogP contribution in [0, 0.1) is 6.92 Å². The van der Waals surface area contributed by atoms with Gasteiger partial charge in [0, 0.05) is 18.6 Å². The molecule has 2 heteroatoms. The molecule has 0 saturated carbocycles. The lowest BCUT2D eigenvalue weighted by Gasteiger charge is -2.03. The maximum atomic E-state index is 4.57. The zero-order valence-corrected chi connectivity index (χ0v) is 12.6. The fourth-order valence-corrected chi connectivity index (χ4v) is 2.77. The molecule has 0 aliphatic carbocycles. The van der Waals surface area contributed by atoms with E-state index in [2.05, 4.69) is 65.8 Å². The zero-order valence-electron chi connectivity index (χ0n) is 12.6. The lowest BCUT2D eigenvalue weighted by atomic mass is 10.1. The van der Waals surface area contributed by atoms with Crippen LogP contribution in [-0.2, 0) is 6.42 Å². The summed E-state index contributed by atoms with van der Waals surface area (Å²) in [6, 6.07) is 10.3. The minimum atomic E-state index is 1.04. The van der Waals surface area contributed by atoms with Gasteiger partial charge in [-0.25, -0.2) is 0 Å². The van der Waals surface area contributed by atoms with Gasteiger partial charge < -0.3 is 4.40 Å². The average molecular weight is 276 g/mol. The fraction of sp³-hybridized carbons (Fsp3) is 0.211. The van der Waals surface area contributed by atoms with Crippen LogP contribution in [0.3, 0.4) is 0 Å². The van der Waals surface area contributed by atoms with Crippen molar-refractivity contribution < 1.29 is 0 Å². The number of nitrogens with zero attached hydrogens (tertiary/aromatic N) is 2. The first-order valence-electron chi connectivity index (χ1n) is 7.48. The number of hydrogen-bond donors (Lipinski definition) is 0. The summed E-state index contributed by atoms with van der Waals surface area (Å²) in [7, 11) is 0. The van der Waals surface area contributed by atoms with Crippen LogP contribution in [0.1, 0.15) is 35.7 Å². The van der Waals surface area contributed by atoms with Crippen LogP contribution in [0.5, 0.6) is 0 Å². The summed E-state index contributed by atoms with van der Waals surface area (Å²) in [5, 5.41) is 0. The Hall–Kier alpha value is -2.35. The van der Waals surface area contributed by atoms with Gasteiger partial charge in [-0.15, -0.1) is 0 Å². The molecule has 0 unspecified atom stereocenters. The van der Waals surface area contributed by atoms with E-state index in [1.807, 2.05) is 18.5 Å². The van der Waals surface area contributed by atoms with Crippen molar-refractivity contribution in [3.63, 3.8) is 0 Å². The molecule has 0 N–H and O–H groups in total. The standard InChI is InChI=1S/C19H20N2/c1-3-7-17-15(2)14-21-13-12-20-18(19(17)21)11-10-16-8-5-4-6-9-16/h4-6,8-14H,3,7H2,1-2H3. The molecule has 3 rings (SSSR count). The molecule has 2 nitrogen and oxygen atoms in total. The molecule has 2 aromatic heterocycles. The summed E-state index contributed by atoms with van der Waals surface area (Å²) in [6.07, 6.45) is 12.6. The topological polar surface area (TPSA) is 17.3 Å². The van der Waals surface area contributed by atoms with Crippen LogP contribution in [0.15, 0.2) is 48.9 Å². The molecule has 21 heavy (non-hydrogen) atoms. The quantitative estimate of drug-likeness (QED) is 0.671. The highest BCUT2D eigenvalue weighted by Gasteiger charge is 2.10. The van der Waals surface area contributed by atoms with Crippen molar-refractivity contribution >= 4 is 17.7 Å². The van der Waals surface area contributed by atoms with E-state index in [4.69, 9.17) is 0 Å². The molecular formula is C19H20N2. The van der Waals surface area contributed by atoms with Gasteiger partial charge in [0.15, 0.2) is 0 Å². The lowest BCUT2D eigenvalue weighted by molar-refractivity contribution is 0.921. The summed E-state index contributed by atoms with van der Waals surface area (Å²) >= 11 is 0. The predicted octanol–water partition coefficient (Wildman–Crippen LogP) is 4.77. The third-order valence-electron chi connectivity index (χ3n) is 3.77. The minimum Gasteiger partial charge on any atom is -0.320 e. The molecule has 0 radical (unpaired) electrons. The van der Waals surface area contributed by atoms with E-state index in [1.165, 1.54) is 22.2 Å². The van der Waals surface area contributed by atoms with Crippen molar-refractivity contribution in [2.75, 3.05) is 0 Å². The number of rotatable bonds is 4. The first kappa shape index (κ1) is 13.6. The fourth-order valence-electron chi connectivity index (χ4n) is 2.77. The first-order valence-corrected chi connectivity index (χ1v) is 7.48. The Morgan fingerprint density at radius 2 is 1.95 bits per heavy atom. The lowest BCUT2D eigenvalue weighted by Crippen LogP contribution is -1.92. The van der Waals surface area contributed by atoms with Gasteiger partial charge in [0.1, 0.15) is 0 Å². The Morgan fingerprint density at radius 1 is 1.14 bits per heavy atom. The Morgan fingerprint density at radius 3 is 2.71 bits per heavy atom. The first-order chi connectivity index (χ1) is 10.3. The van der Waals surface area contributed by atoms with E-state index in [9.17, 15) is 0 Å². The van der Waals surface area contributed by atoms with E-state index in [0.29, 0.717) is 0 Å². The second-order valence-electron chi connectivity index (χ2n) is 5.35. The average Bonchev–Trinajstić information content (AvgIpc) is 2.83. The third kappa shape index (κ3) is 2.75. The van der Waals surface area contributed by atoms with Crippen molar-refractivity contribution in [3.05, 3.63) is 71.3 Å². The number of aromatic nitrogens is 2. The Bertz CT molecular complexity index is 767. The van der Waals surface area contributed by atoms with E-state index in [0.717, 1.165) is 18.5 Å². The van der Waals surface area contributed by atoms with Gasteiger partial charge >= 0.3 is 0 Å². The highest BCUT2D eigenvalue weighted by Crippen LogP contribution is 2.23. The van der Waals surface area contributed by atoms with Crippen molar-refractivity contribution in [1.29, 1.82) is 0 Å². The molecule has 3 aromatic rings. The summed E-state index contributed by atoms with van der Waals surface area (Å²) in [5.41, 5.74) is 6.24. The predicted molar refractivity (Wildman–Crippen MR) is 89.3 cm³/mol. The second kappa shape index (κ2) is 5.96. The van der Waals surface area contributed by atoms with Gasteiger partial charge in [0.05, 0.1) is 11.2 Å². The largest absolute Gasteiger partial charge is 0.320 e. The molecule has 0 bridgehead atoms. The van der Waals surface area contributed by atoms with Gasteiger partial charge in [-0.1, -0.05) is 49.8 Å². The molecule has 0 atom stereocenters. The van der Waals surface area contributed by atoms with E-state index in [1.54, 1.807) is 0 Å². The number of hydrogen-bond acceptors (Lipinski definition) is 1. The third-order valence-corrected chi connectivity index (χ3v) is 3.77.